The number of nitrogens with zero attached hydrogens (tertiary/aromatic N) is 2. The molecule has 32 heavy (non-hydrogen) atoms. The Morgan fingerprint density at radius 3 is 2.50 bits per heavy atom. The Kier molecular flexibility index (Phi) is 6.87. The molecular formula is C21H18F3N3O4S. The Bertz CT molecular complexity index is 1070. The van der Waals surface area contributed by atoms with Crippen LogP contribution in [0.5, 0.6) is 0 Å². The fourth-order valence-electron chi connectivity index (χ4n) is 2.93. The Hall–Kier alpha value is -3.34. The van der Waals surface area contributed by atoms with Crippen LogP contribution in [0.4, 0.5) is 24.5 Å². The highest BCUT2D eigenvalue weighted by atomic mass is 32.2. The number of amides is 2. The zero-order valence-electron chi connectivity index (χ0n) is 16.7. The van der Waals surface area contributed by atoms with Gasteiger partial charge in [0, 0.05) is 18.7 Å². The molecule has 0 saturated carbocycles. The van der Waals surface area contributed by atoms with Crippen molar-refractivity contribution >= 4 is 46.1 Å². The maximum Gasteiger partial charge on any atom is 0.416 e. The van der Waals surface area contributed by atoms with Gasteiger partial charge in [0.05, 0.1) is 16.8 Å². The molecule has 2 N–H and O–H groups in total. The van der Waals surface area contributed by atoms with E-state index in [-0.39, 0.29) is 35.3 Å². The van der Waals surface area contributed by atoms with Gasteiger partial charge >= 0.3 is 12.1 Å². The molecule has 1 aliphatic rings. The molecule has 0 unspecified atom stereocenters. The first-order valence-corrected chi connectivity index (χ1v) is 10.3. The van der Waals surface area contributed by atoms with Crippen molar-refractivity contribution in [2.75, 3.05) is 11.9 Å². The maximum atomic E-state index is 13.0. The van der Waals surface area contributed by atoms with Crippen molar-refractivity contribution in [1.29, 1.82) is 0 Å². The molecule has 3 rings (SSSR count). The van der Waals surface area contributed by atoms with Crippen molar-refractivity contribution in [2.24, 2.45) is 4.99 Å². The van der Waals surface area contributed by atoms with Crippen LogP contribution >= 0.6 is 11.8 Å². The fourth-order valence-corrected chi connectivity index (χ4v) is 4.10. The van der Waals surface area contributed by atoms with Crippen LogP contribution in [0, 0.1) is 0 Å². The van der Waals surface area contributed by atoms with Crippen LogP contribution in [0.1, 0.15) is 29.3 Å². The molecule has 2 aromatic rings. The summed E-state index contributed by atoms with van der Waals surface area (Å²) in [6, 6.07) is 9.91. The molecule has 1 aliphatic heterocycles. The highest BCUT2D eigenvalue weighted by molar-refractivity contribution is 8.15. The SMILES string of the molecule is CCN1C(=O)C[C@@H](C(=O)Nc2ccc(C(=O)O)cc2)SC1=Nc1cccc(C(F)(F)F)c1. The first-order chi connectivity index (χ1) is 15.1. The van der Waals surface area contributed by atoms with Gasteiger partial charge in [0.25, 0.3) is 0 Å². The van der Waals surface area contributed by atoms with Crippen LogP contribution in [0.2, 0.25) is 0 Å². The smallest absolute Gasteiger partial charge is 0.416 e. The Morgan fingerprint density at radius 1 is 1.22 bits per heavy atom. The van der Waals surface area contributed by atoms with E-state index in [4.69, 9.17) is 5.11 Å². The fraction of sp³-hybridized carbons (Fsp3) is 0.238. The van der Waals surface area contributed by atoms with E-state index in [1.165, 1.54) is 41.3 Å². The number of rotatable bonds is 5. The summed E-state index contributed by atoms with van der Waals surface area (Å²) < 4.78 is 39.0. The number of carbonyl (C=O) groups excluding carboxylic acids is 2. The van der Waals surface area contributed by atoms with Crippen LogP contribution in [0.3, 0.4) is 0 Å². The number of carboxylic acids is 1. The van der Waals surface area contributed by atoms with Crippen LogP contribution < -0.4 is 5.32 Å². The van der Waals surface area contributed by atoms with Crippen molar-refractivity contribution < 1.29 is 32.7 Å². The molecule has 1 atom stereocenters. The van der Waals surface area contributed by atoms with Gasteiger partial charge in [-0.1, -0.05) is 17.8 Å². The standard InChI is InChI=1S/C21H18F3N3O4S/c1-2-27-17(28)11-16(18(29)25-14-8-6-12(7-9-14)19(30)31)32-20(27)26-15-5-3-4-13(10-15)21(22,23)24/h3-10,16H,2,11H2,1H3,(H,25,29)(H,30,31)/t16-/m0/s1. The van der Waals surface area contributed by atoms with Crippen molar-refractivity contribution in [2.45, 2.75) is 24.8 Å². The Labute approximate surface area is 185 Å². The van der Waals surface area contributed by atoms with Crippen LogP contribution in [0.15, 0.2) is 53.5 Å². The molecule has 2 aromatic carbocycles. The summed E-state index contributed by atoms with van der Waals surface area (Å²) in [5.41, 5.74) is -0.450. The second-order valence-electron chi connectivity index (χ2n) is 6.76. The van der Waals surface area contributed by atoms with Gasteiger partial charge in [-0.15, -0.1) is 0 Å². The van der Waals surface area contributed by atoms with Gasteiger partial charge in [-0.3, -0.25) is 14.5 Å². The minimum absolute atomic E-state index is 0.0129. The molecule has 0 radical (unpaired) electrons. The lowest BCUT2D eigenvalue weighted by Gasteiger charge is -2.31. The third-order valence-electron chi connectivity index (χ3n) is 4.55. The molecular weight excluding hydrogens is 447 g/mol. The maximum absolute atomic E-state index is 13.0. The first-order valence-electron chi connectivity index (χ1n) is 9.45. The highest BCUT2D eigenvalue weighted by Crippen LogP contribution is 2.33. The molecule has 0 bridgehead atoms. The first kappa shape index (κ1) is 23.3. The molecule has 1 saturated heterocycles. The molecule has 0 spiro atoms. The number of hydrogen-bond acceptors (Lipinski definition) is 5. The normalized spacial score (nSPS) is 18.0. The molecule has 168 valence electrons. The number of anilines is 1. The summed E-state index contributed by atoms with van der Waals surface area (Å²) in [6.45, 7) is 1.94. The van der Waals surface area contributed by atoms with E-state index in [0.29, 0.717) is 5.69 Å². The molecule has 7 nitrogen and oxygen atoms in total. The van der Waals surface area contributed by atoms with E-state index in [1.807, 2.05) is 0 Å². The summed E-state index contributed by atoms with van der Waals surface area (Å²) in [5, 5.41) is 10.8. The molecule has 0 aliphatic carbocycles. The Balaban J connectivity index is 1.81. The summed E-state index contributed by atoms with van der Waals surface area (Å²) in [7, 11) is 0. The van der Waals surface area contributed by atoms with E-state index in [9.17, 15) is 27.6 Å². The number of aliphatic imine (C=N–C) groups is 1. The quantitative estimate of drug-likeness (QED) is 0.683. The second-order valence-corrected chi connectivity index (χ2v) is 7.93. The number of amidine groups is 1. The van der Waals surface area contributed by atoms with Gasteiger partial charge < -0.3 is 10.4 Å². The van der Waals surface area contributed by atoms with Crippen LogP contribution in [0.25, 0.3) is 0 Å². The second kappa shape index (κ2) is 9.43. The lowest BCUT2D eigenvalue weighted by Crippen LogP contribution is -2.45. The number of alkyl halides is 3. The van der Waals surface area contributed by atoms with Crippen LogP contribution in [-0.2, 0) is 15.8 Å². The average molecular weight is 465 g/mol. The third-order valence-corrected chi connectivity index (χ3v) is 5.73. The minimum Gasteiger partial charge on any atom is -0.478 e. The van der Waals surface area contributed by atoms with Gasteiger partial charge in [-0.2, -0.15) is 13.2 Å². The molecule has 1 fully saturated rings. The topological polar surface area (TPSA) is 99.1 Å². The number of benzene rings is 2. The lowest BCUT2D eigenvalue weighted by molar-refractivity contribution is -0.137. The van der Waals surface area contributed by atoms with Crippen molar-refractivity contribution in [3.8, 4) is 0 Å². The van der Waals surface area contributed by atoms with Crippen molar-refractivity contribution in [1.82, 2.24) is 4.90 Å². The highest BCUT2D eigenvalue weighted by Gasteiger charge is 2.35. The summed E-state index contributed by atoms with van der Waals surface area (Å²) in [4.78, 5) is 41.7. The largest absolute Gasteiger partial charge is 0.478 e. The third kappa shape index (κ3) is 5.47. The van der Waals surface area contributed by atoms with E-state index in [1.54, 1.807) is 6.92 Å². The average Bonchev–Trinajstić information content (AvgIpc) is 2.73. The minimum atomic E-state index is -4.53. The predicted molar refractivity (Wildman–Crippen MR) is 114 cm³/mol. The van der Waals surface area contributed by atoms with E-state index < -0.39 is 28.9 Å². The van der Waals surface area contributed by atoms with Gasteiger partial charge in [-0.05, 0) is 49.4 Å². The molecule has 1 heterocycles. The monoisotopic (exact) mass is 465 g/mol. The number of hydrogen-bond donors (Lipinski definition) is 2. The van der Waals surface area contributed by atoms with Crippen molar-refractivity contribution in [3.05, 3.63) is 59.7 Å². The van der Waals surface area contributed by atoms with Gasteiger partial charge in [0.2, 0.25) is 11.8 Å². The summed E-state index contributed by atoms with van der Waals surface area (Å²) in [5.74, 6) is -1.98. The number of thioether (sulfide) groups is 1. The van der Waals surface area contributed by atoms with E-state index in [2.05, 4.69) is 10.3 Å². The van der Waals surface area contributed by atoms with Gasteiger partial charge in [0.15, 0.2) is 5.17 Å². The van der Waals surface area contributed by atoms with E-state index in [0.717, 1.165) is 23.9 Å². The zero-order chi connectivity index (χ0) is 23.5. The number of carbonyl (C=O) groups is 3. The summed E-state index contributed by atoms with van der Waals surface area (Å²) >= 11 is 0.979. The van der Waals surface area contributed by atoms with Crippen LogP contribution in [-0.4, -0.2) is 44.8 Å². The predicted octanol–water partition coefficient (Wildman–Crippen LogP) is 4.38. The van der Waals surface area contributed by atoms with Gasteiger partial charge in [0.1, 0.15) is 5.25 Å². The summed E-state index contributed by atoms with van der Waals surface area (Å²) in [6.07, 6.45) is -4.64. The van der Waals surface area contributed by atoms with Gasteiger partial charge in [-0.25, -0.2) is 9.79 Å². The molecule has 2 amide bonds. The molecule has 11 heteroatoms. The number of aromatic carboxylic acids is 1. The number of nitrogens with one attached hydrogen (secondary N) is 1. The lowest BCUT2D eigenvalue weighted by atomic mass is 10.2. The number of carboxylic acid groups (broad SMARTS) is 1. The van der Waals surface area contributed by atoms with E-state index >= 15 is 0 Å². The number of halogens is 3. The Morgan fingerprint density at radius 2 is 1.91 bits per heavy atom. The molecule has 0 aromatic heterocycles. The van der Waals surface area contributed by atoms with Crippen molar-refractivity contribution in [3.63, 3.8) is 0 Å². The zero-order valence-corrected chi connectivity index (χ0v) is 17.5.